The molecule has 0 fully saturated rings. The van der Waals surface area contributed by atoms with Crippen molar-refractivity contribution in [2.24, 2.45) is 5.84 Å². The van der Waals surface area contributed by atoms with Crippen molar-refractivity contribution in [2.75, 3.05) is 0 Å². The summed E-state index contributed by atoms with van der Waals surface area (Å²) >= 11 is 13.5. The Morgan fingerprint density at radius 1 is 1.39 bits per heavy atom. The quantitative estimate of drug-likeness (QED) is 0.520. The van der Waals surface area contributed by atoms with Crippen LogP contribution in [0.2, 0.25) is 10.0 Å². The average molecular weight is 302 g/mol. The zero-order chi connectivity index (χ0) is 13.1. The lowest BCUT2D eigenvalue weighted by Gasteiger charge is -2.04. The largest absolute Gasteiger partial charge is 0.289 e. The molecule has 0 saturated carbocycles. The highest BCUT2D eigenvalue weighted by atomic mass is 35.5. The predicted molar refractivity (Wildman–Crippen MR) is 73.0 cm³/mol. The summed E-state index contributed by atoms with van der Waals surface area (Å²) in [6.45, 7) is 0. The van der Waals surface area contributed by atoms with Crippen molar-refractivity contribution < 1.29 is 4.79 Å². The normalized spacial score (nSPS) is 10.4. The minimum absolute atomic E-state index is 0.292. The molecule has 0 unspecified atom stereocenters. The van der Waals surface area contributed by atoms with E-state index in [0.717, 1.165) is 10.6 Å². The van der Waals surface area contributed by atoms with E-state index in [0.29, 0.717) is 22.2 Å². The Morgan fingerprint density at radius 2 is 2.06 bits per heavy atom. The number of rotatable bonds is 3. The summed E-state index contributed by atoms with van der Waals surface area (Å²) in [5, 5.41) is 3.57. The van der Waals surface area contributed by atoms with Crippen molar-refractivity contribution in [2.45, 2.75) is 6.42 Å². The Hall–Kier alpha value is -1.14. The van der Waals surface area contributed by atoms with Crippen LogP contribution in [0.3, 0.4) is 0 Å². The van der Waals surface area contributed by atoms with Crippen molar-refractivity contribution in [3.05, 3.63) is 49.9 Å². The van der Waals surface area contributed by atoms with Crippen molar-refractivity contribution in [3.8, 4) is 0 Å². The number of amides is 1. The molecule has 7 heteroatoms. The van der Waals surface area contributed by atoms with Crippen LogP contribution in [-0.4, -0.2) is 10.9 Å². The van der Waals surface area contributed by atoms with Crippen molar-refractivity contribution in [3.63, 3.8) is 0 Å². The number of nitrogens with two attached hydrogens (primary N) is 1. The number of aromatic nitrogens is 1. The van der Waals surface area contributed by atoms with E-state index in [2.05, 4.69) is 4.98 Å². The third-order valence-electron chi connectivity index (χ3n) is 2.31. The van der Waals surface area contributed by atoms with Crippen LogP contribution in [0.25, 0.3) is 0 Å². The molecule has 2 rings (SSSR count). The number of carbonyl (C=O) groups excluding carboxylic acids is 1. The Kier molecular flexibility index (Phi) is 4.19. The summed E-state index contributed by atoms with van der Waals surface area (Å²) in [4.78, 5) is 15.4. The standard InChI is InChI=1S/C11H9Cl2N3OS/c12-7-2-1-3-8(13)6(7)4-10-15-9(5-18-10)11(17)16-14/h1-3,5H,4,14H2,(H,16,17). The zero-order valence-electron chi connectivity index (χ0n) is 9.11. The average Bonchev–Trinajstić information content (AvgIpc) is 2.81. The number of carbonyl (C=O) groups is 1. The van der Waals surface area contributed by atoms with E-state index in [1.807, 2.05) is 5.43 Å². The van der Waals surface area contributed by atoms with Gasteiger partial charge >= 0.3 is 0 Å². The first-order valence-electron chi connectivity index (χ1n) is 5.00. The highest BCUT2D eigenvalue weighted by Gasteiger charge is 2.12. The topological polar surface area (TPSA) is 68.0 Å². The van der Waals surface area contributed by atoms with E-state index in [-0.39, 0.29) is 0 Å². The second-order valence-electron chi connectivity index (χ2n) is 3.48. The zero-order valence-corrected chi connectivity index (χ0v) is 11.4. The van der Waals surface area contributed by atoms with Gasteiger partial charge in [-0.2, -0.15) is 0 Å². The summed E-state index contributed by atoms with van der Waals surface area (Å²) in [6, 6.07) is 5.32. The Balaban J connectivity index is 2.24. The van der Waals surface area contributed by atoms with Crippen molar-refractivity contribution in [1.29, 1.82) is 0 Å². The maximum Gasteiger partial charge on any atom is 0.284 e. The van der Waals surface area contributed by atoms with Gasteiger partial charge in [0.2, 0.25) is 0 Å². The van der Waals surface area contributed by atoms with Crippen molar-refractivity contribution >= 4 is 40.4 Å². The van der Waals surface area contributed by atoms with Gasteiger partial charge in [0.15, 0.2) is 0 Å². The first kappa shape index (κ1) is 13.3. The molecule has 94 valence electrons. The molecule has 0 aliphatic heterocycles. The SMILES string of the molecule is NNC(=O)c1csc(Cc2c(Cl)cccc2Cl)n1. The number of hydrazine groups is 1. The van der Waals surface area contributed by atoms with Gasteiger partial charge in [0.1, 0.15) is 5.69 Å². The molecule has 0 bridgehead atoms. The molecule has 1 aromatic carbocycles. The van der Waals surface area contributed by atoms with Crippen molar-refractivity contribution in [1.82, 2.24) is 10.4 Å². The minimum Gasteiger partial charge on any atom is -0.289 e. The third kappa shape index (κ3) is 2.81. The van der Waals surface area contributed by atoms with Crippen LogP contribution < -0.4 is 11.3 Å². The second kappa shape index (κ2) is 5.67. The highest BCUT2D eigenvalue weighted by molar-refractivity contribution is 7.09. The lowest BCUT2D eigenvalue weighted by Crippen LogP contribution is -2.30. The molecule has 18 heavy (non-hydrogen) atoms. The van der Waals surface area contributed by atoms with Crippen LogP contribution >= 0.6 is 34.5 Å². The van der Waals surface area contributed by atoms with Gasteiger partial charge in [0, 0.05) is 21.8 Å². The van der Waals surface area contributed by atoms with E-state index >= 15 is 0 Å². The minimum atomic E-state index is -0.414. The van der Waals surface area contributed by atoms with Gasteiger partial charge in [-0.3, -0.25) is 10.2 Å². The van der Waals surface area contributed by atoms with Gasteiger partial charge < -0.3 is 0 Å². The Morgan fingerprint density at radius 3 is 2.67 bits per heavy atom. The molecule has 0 atom stereocenters. The van der Waals surface area contributed by atoms with Crippen LogP contribution in [0.15, 0.2) is 23.6 Å². The van der Waals surface area contributed by atoms with Gasteiger partial charge in [0.05, 0.1) is 5.01 Å². The molecule has 2 aromatic rings. The molecular weight excluding hydrogens is 293 g/mol. The van der Waals surface area contributed by atoms with Crippen LogP contribution in [0.1, 0.15) is 21.1 Å². The molecule has 4 nitrogen and oxygen atoms in total. The fourth-order valence-corrected chi connectivity index (χ4v) is 2.74. The fraction of sp³-hybridized carbons (Fsp3) is 0.0909. The number of nitrogen functional groups attached to an aromatic ring is 1. The molecule has 0 radical (unpaired) electrons. The summed E-state index contributed by atoms with van der Waals surface area (Å²) < 4.78 is 0. The highest BCUT2D eigenvalue weighted by Crippen LogP contribution is 2.27. The molecule has 3 N–H and O–H groups in total. The molecule has 1 heterocycles. The van der Waals surface area contributed by atoms with E-state index in [1.165, 1.54) is 11.3 Å². The molecule has 0 aliphatic rings. The lowest BCUT2D eigenvalue weighted by atomic mass is 10.1. The van der Waals surface area contributed by atoms with Crippen LogP contribution in [0.5, 0.6) is 0 Å². The maximum absolute atomic E-state index is 11.3. The number of hydrogen-bond acceptors (Lipinski definition) is 4. The van der Waals surface area contributed by atoms with Gasteiger partial charge in [-0.05, 0) is 17.7 Å². The third-order valence-corrected chi connectivity index (χ3v) is 3.86. The number of hydrogen-bond donors (Lipinski definition) is 2. The first-order chi connectivity index (χ1) is 8.61. The smallest absolute Gasteiger partial charge is 0.284 e. The summed E-state index contributed by atoms with van der Waals surface area (Å²) in [5.74, 6) is 4.62. The molecule has 0 spiro atoms. The van der Waals surface area contributed by atoms with Crippen LogP contribution in [0, 0.1) is 0 Å². The molecule has 1 aromatic heterocycles. The number of nitrogens with zero attached hydrogens (tertiary/aromatic N) is 1. The van der Waals surface area contributed by atoms with E-state index in [9.17, 15) is 4.79 Å². The second-order valence-corrected chi connectivity index (χ2v) is 5.23. The predicted octanol–water partition coefficient (Wildman–Crippen LogP) is 2.64. The van der Waals surface area contributed by atoms with E-state index in [1.54, 1.807) is 23.6 Å². The number of nitrogens with one attached hydrogen (secondary N) is 1. The monoisotopic (exact) mass is 301 g/mol. The molecular formula is C11H9Cl2N3OS. The van der Waals surface area contributed by atoms with Gasteiger partial charge in [-0.1, -0.05) is 29.3 Å². The molecule has 1 amide bonds. The Labute approximate surface area is 118 Å². The number of halogens is 2. The summed E-state index contributed by atoms with van der Waals surface area (Å²) in [5.41, 5.74) is 3.13. The molecule has 0 aliphatic carbocycles. The number of benzene rings is 1. The van der Waals surface area contributed by atoms with Gasteiger partial charge in [0.25, 0.3) is 5.91 Å². The lowest BCUT2D eigenvalue weighted by molar-refractivity contribution is 0.0949. The van der Waals surface area contributed by atoms with Crippen LogP contribution in [-0.2, 0) is 6.42 Å². The Bertz CT molecular complexity index is 565. The summed E-state index contributed by atoms with van der Waals surface area (Å²) in [6.07, 6.45) is 0.487. The maximum atomic E-state index is 11.3. The van der Waals surface area contributed by atoms with Crippen LogP contribution in [0.4, 0.5) is 0 Å². The van der Waals surface area contributed by atoms with Gasteiger partial charge in [-0.25, -0.2) is 10.8 Å². The fourth-order valence-electron chi connectivity index (χ4n) is 1.42. The van der Waals surface area contributed by atoms with Gasteiger partial charge in [-0.15, -0.1) is 11.3 Å². The molecule has 0 saturated heterocycles. The first-order valence-corrected chi connectivity index (χ1v) is 6.63. The summed E-state index contributed by atoms with van der Waals surface area (Å²) in [7, 11) is 0. The van der Waals surface area contributed by atoms with E-state index < -0.39 is 5.91 Å². The number of thiazole rings is 1. The van der Waals surface area contributed by atoms with E-state index in [4.69, 9.17) is 29.0 Å².